The fraction of sp³-hybridized carbons (Fsp3) is 0.429. The minimum atomic E-state index is 0.184. The van der Waals surface area contributed by atoms with Gasteiger partial charge in [-0.15, -0.1) is 22.7 Å². The Morgan fingerprint density at radius 1 is 1.26 bits per heavy atom. The monoisotopic (exact) mass is 398 g/mol. The highest BCUT2D eigenvalue weighted by Gasteiger charge is 2.34. The number of anilines is 1. The number of para-hydroxylation sites is 1. The lowest BCUT2D eigenvalue weighted by atomic mass is 10.0. The first kappa shape index (κ1) is 17.3. The average molecular weight is 399 g/mol. The predicted octanol–water partition coefficient (Wildman–Crippen LogP) is 3.72. The van der Waals surface area contributed by atoms with Crippen molar-refractivity contribution in [2.45, 2.75) is 45.7 Å². The second-order valence-corrected chi connectivity index (χ2v) is 10.1. The van der Waals surface area contributed by atoms with E-state index in [9.17, 15) is 4.79 Å². The maximum absolute atomic E-state index is 12.5. The largest absolute Gasteiger partial charge is 0.328 e. The summed E-state index contributed by atoms with van der Waals surface area (Å²) in [5, 5.41) is 5.32. The van der Waals surface area contributed by atoms with Gasteiger partial charge in [0, 0.05) is 17.9 Å². The number of carbonyl (C=O) groups excluding carboxylic acids is 1. The summed E-state index contributed by atoms with van der Waals surface area (Å²) in [5.41, 5.74) is 3.64. The standard InChI is InChI=1S/C21H23N3OS2/c1-12(2)24-10-9-14-17(11-24)27-21(23-19(25)13-7-8-13)18(14)20-22-15-5-3-4-6-16(15)26-20/h3-6,12-13H,7-11H2,1-2H3,(H,23,25)/p+1. The molecular weight excluding hydrogens is 374 g/mol. The molecule has 4 nitrogen and oxygen atoms in total. The topological polar surface area (TPSA) is 46.4 Å². The summed E-state index contributed by atoms with van der Waals surface area (Å²) in [6.45, 7) is 6.78. The number of amides is 1. The van der Waals surface area contributed by atoms with Crippen molar-refractivity contribution in [3.8, 4) is 10.6 Å². The number of carbonyl (C=O) groups is 1. The van der Waals surface area contributed by atoms with Crippen LogP contribution in [0.15, 0.2) is 24.3 Å². The van der Waals surface area contributed by atoms with Crippen molar-refractivity contribution >= 4 is 43.8 Å². The molecule has 0 bridgehead atoms. The van der Waals surface area contributed by atoms with Crippen LogP contribution in [0, 0.1) is 5.92 Å². The lowest BCUT2D eigenvalue weighted by Crippen LogP contribution is -3.14. The summed E-state index contributed by atoms with van der Waals surface area (Å²) in [6, 6.07) is 8.92. The summed E-state index contributed by atoms with van der Waals surface area (Å²) in [4.78, 5) is 20.4. The fourth-order valence-corrected chi connectivity index (χ4v) is 6.26. The smallest absolute Gasteiger partial charge is 0.228 e. The van der Waals surface area contributed by atoms with Crippen molar-refractivity contribution in [3.05, 3.63) is 34.7 Å². The van der Waals surface area contributed by atoms with E-state index in [1.165, 1.54) is 20.7 Å². The minimum absolute atomic E-state index is 0.184. The summed E-state index contributed by atoms with van der Waals surface area (Å²) >= 11 is 3.51. The number of benzene rings is 1. The van der Waals surface area contributed by atoms with Crippen molar-refractivity contribution < 1.29 is 9.69 Å². The summed E-state index contributed by atoms with van der Waals surface area (Å²) in [6.07, 6.45) is 3.11. The molecule has 1 aliphatic carbocycles. The third-order valence-corrected chi connectivity index (χ3v) is 7.88. The van der Waals surface area contributed by atoms with Gasteiger partial charge >= 0.3 is 0 Å². The van der Waals surface area contributed by atoms with Crippen LogP contribution in [0.3, 0.4) is 0 Å². The number of quaternary nitrogens is 1. The Balaban J connectivity index is 1.60. The van der Waals surface area contributed by atoms with Gasteiger partial charge in [0.25, 0.3) is 0 Å². The summed E-state index contributed by atoms with van der Waals surface area (Å²) in [5.74, 6) is 0.397. The van der Waals surface area contributed by atoms with Gasteiger partial charge in [-0.1, -0.05) is 12.1 Å². The summed E-state index contributed by atoms with van der Waals surface area (Å²) in [7, 11) is 0. The number of thiophene rings is 1. The van der Waals surface area contributed by atoms with Crippen LogP contribution < -0.4 is 10.2 Å². The minimum Gasteiger partial charge on any atom is -0.328 e. The molecule has 1 fully saturated rings. The molecule has 2 N–H and O–H groups in total. The van der Waals surface area contributed by atoms with Crippen LogP contribution in [0.25, 0.3) is 20.8 Å². The van der Waals surface area contributed by atoms with Gasteiger partial charge in [-0.3, -0.25) is 4.79 Å². The van der Waals surface area contributed by atoms with Gasteiger partial charge in [-0.05, 0) is 44.4 Å². The van der Waals surface area contributed by atoms with E-state index in [0.717, 1.165) is 47.9 Å². The quantitative estimate of drug-likeness (QED) is 0.704. The highest BCUT2D eigenvalue weighted by molar-refractivity contribution is 7.22. The van der Waals surface area contributed by atoms with E-state index in [2.05, 4.69) is 37.4 Å². The Morgan fingerprint density at radius 2 is 2.07 bits per heavy atom. The van der Waals surface area contributed by atoms with Gasteiger partial charge in [0.1, 0.15) is 16.6 Å². The van der Waals surface area contributed by atoms with Gasteiger partial charge in [-0.2, -0.15) is 0 Å². The first-order valence-corrected chi connectivity index (χ1v) is 11.4. The Kier molecular flexibility index (Phi) is 4.30. The molecule has 1 aromatic carbocycles. The molecule has 0 radical (unpaired) electrons. The highest BCUT2D eigenvalue weighted by Crippen LogP contribution is 2.45. The molecule has 2 aliphatic rings. The molecule has 1 amide bonds. The van der Waals surface area contributed by atoms with E-state index >= 15 is 0 Å². The first-order chi connectivity index (χ1) is 13.1. The Morgan fingerprint density at radius 3 is 2.81 bits per heavy atom. The predicted molar refractivity (Wildman–Crippen MR) is 113 cm³/mol. The molecular formula is C21H24N3OS2+. The maximum Gasteiger partial charge on any atom is 0.228 e. The zero-order valence-electron chi connectivity index (χ0n) is 15.7. The highest BCUT2D eigenvalue weighted by atomic mass is 32.1. The van der Waals surface area contributed by atoms with Crippen LogP contribution in [0.1, 0.15) is 37.1 Å². The Bertz CT molecular complexity index is 983. The maximum atomic E-state index is 12.5. The second kappa shape index (κ2) is 6.69. The number of hydrogen-bond donors (Lipinski definition) is 2. The molecule has 1 saturated carbocycles. The third kappa shape index (κ3) is 3.20. The van der Waals surface area contributed by atoms with E-state index in [4.69, 9.17) is 4.98 Å². The Labute approximate surface area is 167 Å². The van der Waals surface area contributed by atoms with Crippen LogP contribution in [-0.2, 0) is 17.8 Å². The number of hydrogen-bond acceptors (Lipinski definition) is 4. The van der Waals surface area contributed by atoms with Crippen LogP contribution in [0.2, 0.25) is 0 Å². The van der Waals surface area contributed by atoms with E-state index in [0.29, 0.717) is 6.04 Å². The van der Waals surface area contributed by atoms with Crippen molar-refractivity contribution in [2.24, 2.45) is 5.92 Å². The molecule has 3 aromatic rings. The lowest BCUT2D eigenvalue weighted by molar-refractivity contribution is -0.936. The first-order valence-electron chi connectivity index (χ1n) is 9.76. The normalized spacial score (nSPS) is 19.4. The number of nitrogens with zero attached hydrogens (tertiary/aromatic N) is 1. The van der Waals surface area contributed by atoms with Gasteiger partial charge in [-0.25, -0.2) is 4.98 Å². The molecule has 0 saturated heterocycles. The molecule has 1 atom stereocenters. The zero-order chi connectivity index (χ0) is 18.5. The van der Waals surface area contributed by atoms with E-state index in [1.807, 2.05) is 6.07 Å². The van der Waals surface area contributed by atoms with Gasteiger partial charge in [0.2, 0.25) is 5.91 Å². The van der Waals surface area contributed by atoms with Crippen LogP contribution in [0.5, 0.6) is 0 Å². The Hall–Kier alpha value is -1.76. The van der Waals surface area contributed by atoms with Crippen LogP contribution in [0.4, 0.5) is 5.00 Å². The van der Waals surface area contributed by atoms with Crippen molar-refractivity contribution in [1.29, 1.82) is 0 Å². The van der Waals surface area contributed by atoms with Crippen molar-refractivity contribution in [3.63, 3.8) is 0 Å². The number of nitrogens with one attached hydrogen (secondary N) is 2. The SMILES string of the molecule is CC(C)[NH+]1CCc2c(sc(NC(=O)C3CC3)c2-c2nc3ccccc3s2)C1. The van der Waals surface area contributed by atoms with Gasteiger partial charge in [0.05, 0.1) is 27.7 Å². The number of fused-ring (bicyclic) bond motifs is 2. The third-order valence-electron chi connectivity index (χ3n) is 5.68. The van der Waals surface area contributed by atoms with Gasteiger partial charge < -0.3 is 10.2 Å². The zero-order valence-corrected chi connectivity index (χ0v) is 17.3. The molecule has 5 rings (SSSR count). The molecule has 27 heavy (non-hydrogen) atoms. The second-order valence-electron chi connectivity index (χ2n) is 7.95. The number of rotatable bonds is 4. The molecule has 6 heteroatoms. The molecule has 3 heterocycles. The van der Waals surface area contributed by atoms with Crippen molar-refractivity contribution in [2.75, 3.05) is 11.9 Å². The fourth-order valence-electron chi connectivity index (χ4n) is 3.85. The molecule has 140 valence electrons. The molecule has 2 aromatic heterocycles. The van der Waals surface area contributed by atoms with E-state index < -0.39 is 0 Å². The molecule has 0 spiro atoms. The van der Waals surface area contributed by atoms with E-state index in [-0.39, 0.29) is 11.8 Å². The van der Waals surface area contributed by atoms with E-state index in [1.54, 1.807) is 27.6 Å². The number of thiazole rings is 1. The molecule has 1 aliphatic heterocycles. The van der Waals surface area contributed by atoms with Crippen LogP contribution >= 0.6 is 22.7 Å². The average Bonchev–Trinajstić information content (AvgIpc) is 3.33. The summed E-state index contributed by atoms with van der Waals surface area (Å²) < 4.78 is 1.21. The molecule has 1 unspecified atom stereocenters. The van der Waals surface area contributed by atoms with Crippen LogP contribution in [-0.4, -0.2) is 23.5 Å². The lowest BCUT2D eigenvalue weighted by Gasteiger charge is -2.27. The van der Waals surface area contributed by atoms with Gasteiger partial charge in [0.15, 0.2) is 0 Å². The van der Waals surface area contributed by atoms with Crippen molar-refractivity contribution in [1.82, 2.24) is 4.98 Å². The number of aromatic nitrogens is 1.